The molecule has 2 heterocycles. The molecule has 2 N–H and O–H groups in total. The van der Waals surface area contributed by atoms with Crippen LogP contribution in [-0.4, -0.2) is 15.9 Å². The molecule has 0 aliphatic carbocycles. The van der Waals surface area contributed by atoms with Crippen molar-refractivity contribution in [2.24, 2.45) is 5.73 Å². The van der Waals surface area contributed by atoms with Gasteiger partial charge in [-0.05, 0) is 25.5 Å². The van der Waals surface area contributed by atoms with E-state index in [1.54, 1.807) is 13.8 Å². The summed E-state index contributed by atoms with van der Waals surface area (Å²) < 4.78 is 39.2. The number of aromatic nitrogens is 2. The van der Waals surface area contributed by atoms with Crippen molar-refractivity contribution in [2.45, 2.75) is 25.4 Å². The second-order valence-corrected chi connectivity index (χ2v) is 6.23. The van der Waals surface area contributed by atoms with Crippen molar-refractivity contribution in [1.82, 2.24) is 9.97 Å². The van der Waals surface area contributed by atoms with E-state index in [1.807, 2.05) is 0 Å². The van der Waals surface area contributed by atoms with Crippen molar-refractivity contribution >= 4 is 17.2 Å². The lowest BCUT2D eigenvalue weighted by Crippen LogP contribution is -2.14. The molecule has 0 spiro atoms. The van der Waals surface area contributed by atoms with Crippen molar-refractivity contribution in [3.8, 4) is 16.6 Å². The van der Waals surface area contributed by atoms with E-state index in [1.165, 1.54) is 18.3 Å². The SMILES string of the molecule is CC(C)(C#N)c1ccc(-c2sc(C(N)=O)nc2C(F)(F)F)nc1. The van der Waals surface area contributed by atoms with Gasteiger partial charge in [0.25, 0.3) is 5.91 Å². The van der Waals surface area contributed by atoms with Crippen molar-refractivity contribution in [2.75, 3.05) is 0 Å². The van der Waals surface area contributed by atoms with Crippen LogP contribution in [-0.2, 0) is 11.6 Å². The van der Waals surface area contributed by atoms with Crippen LogP contribution in [0.3, 0.4) is 0 Å². The maximum absolute atomic E-state index is 13.1. The van der Waals surface area contributed by atoms with E-state index >= 15 is 0 Å². The smallest absolute Gasteiger partial charge is 0.364 e. The predicted molar refractivity (Wildman–Crippen MR) is 77.5 cm³/mol. The van der Waals surface area contributed by atoms with Crippen LogP contribution < -0.4 is 5.73 Å². The molecule has 2 aromatic heterocycles. The number of carbonyl (C=O) groups excluding carboxylic acids is 1. The van der Waals surface area contributed by atoms with Crippen LogP contribution in [0.4, 0.5) is 13.2 Å². The monoisotopic (exact) mass is 340 g/mol. The van der Waals surface area contributed by atoms with Crippen LogP contribution in [0.2, 0.25) is 0 Å². The molecule has 0 radical (unpaired) electrons. The normalized spacial score (nSPS) is 12.0. The Labute approximate surface area is 133 Å². The number of amides is 1. The van der Waals surface area contributed by atoms with Crippen LogP contribution in [0.1, 0.15) is 34.9 Å². The first-order valence-corrected chi connectivity index (χ1v) is 7.14. The number of rotatable bonds is 3. The maximum atomic E-state index is 13.1. The number of hydrogen-bond donors (Lipinski definition) is 1. The fourth-order valence-corrected chi connectivity index (χ4v) is 2.67. The van der Waals surface area contributed by atoms with Gasteiger partial charge in [0.1, 0.15) is 0 Å². The van der Waals surface area contributed by atoms with E-state index in [4.69, 9.17) is 11.0 Å². The molecule has 0 unspecified atom stereocenters. The molecular weight excluding hydrogens is 329 g/mol. The van der Waals surface area contributed by atoms with Gasteiger partial charge < -0.3 is 5.73 Å². The lowest BCUT2D eigenvalue weighted by molar-refractivity contribution is -0.140. The van der Waals surface area contributed by atoms with Crippen molar-refractivity contribution in [1.29, 1.82) is 5.26 Å². The Hall–Kier alpha value is -2.47. The second kappa shape index (κ2) is 5.62. The summed E-state index contributed by atoms with van der Waals surface area (Å²) in [6.07, 6.45) is -3.39. The zero-order valence-corrected chi connectivity index (χ0v) is 12.9. The molecule has 0 aliphatic rings. The molecular formula is C14H11F3N4OS. The van der Waals surface area contributed by atoms with Crippen molar-refractivity contribution in [3.05, 3.63) is 34.6 Å². The number of pyridine rings is 1. The van der Waals surface area contributed by atoms with Gasteiger partial charge in [-0.25, -0.2) is 4.98 Å². The Balaban J connectivity index is 2.54. The van der Waals surface area contributed by atoms with Crippen LogP contribution in [0.5, 0.6) is 0 Å². The Kier molecular flexibility index (Phi) is 4.13. The topological polar surface area (TPSA) is 92.7 Å². The number of primary amides is 1. The Morgan fingerprint density at radius 2 is 2.00 bits per heavy atom. The fourth-order valence-electron chi connectivity index (χ4n) is 1.75. The molecule has 0 aromatic carbocycles. The summed E-state index contributed by atoms with van der Waals surface area (Å²) in [5.74, 6) is -1.03. The number of thiazole rings is 1. The first-order chi connectivity index (χ1) is 10.6. The van der Waals surface area contributed by atoms with Gasteiger partial charge in [0.05, 0.1) is 22.1 Å². The zero-order chi connectivity index (χ0) is 17.4. The third-order valence-electron chi connectivity index (χ3n) is 3.10. The average Bonchev–Trinajstić information content (AvgIpc) is 2.93. The number of carbonyl (C=O) groups is 1. The summed E-state index contributed by atoms with van der Waals surface area (Å²) >= 11 is 0.534. The van der Waals surface area contributed by atoms with Crippen LogP contribution in [0.15, 0.2) is 18.3 Å². The summed E-state index contributed by atoms with van der Waals surface area (Å²) in [7, 11) is 0. The minimum atomic E-state index is -4.73. The van der Waals surface area contributed by atoms with E-state index in [0.717, 1.165) is 0 Å². The number of alkyl halides is 3. The molecule has 9 heteroatoms. The lowest BCUT2D eigenvalue weighted by atomic mass is 9.87. The van der Waals surface area contributed by atoms with Gasteiger partial charge in [0, 0.05) is 6.20 Å². The van der Waals surface area contributed by atoms with E-state index in [-0.39, 0.29) is 10.6 Å². The standard InChI is InChI=1S/C14H11F3N4OS/c1-13(2,6-18)7-3-4-8(20-5-7)9-10(14(15,16)17)21-12(23-9)11(19)22/h3-5H,1-2H3,(H2,19,22). The van der Waals surface area contributed by atoms with Crippen LogP contribution in [0, 0.1) is 11.3 Å². The summed E-state index contributed by atoms with van der Waals surface area (Å²) in [5.41, 5.74) is 3.57. The molecule has 0 aliphatic heterocycles. The third-order valence-corrected chi connectivity index (χ3v) is 4.20. The fraction of sp³-hybridized carbons (Fsp3) is 0.286. The average molecular weight is 340 g/mol. The third kappa shape index (κ3) is 3.32. The summed E-state index contributed by atoms with van der Waals surface area (Å²) in [5, 5.41) is 8.63. The minimum Gasteiger partial charge on any atom is -0.364 e. The summed E-state index contributed by atoms with van der Waals surface area (Å²) in [4.78, 5) is 18.1. The Bertz CT molecular complexity index is 788. The molecule has 0 fully saturated rings. The van der Waals surface area contributed by atoms with Gasteiger partial charge in [-0.15, -0.1) is 11.3 Å². The summed E-state index contributed by atoms with van der Waals surface area (Å²) in [6.45, 7) is 3.34. The van der Waals surface area contributed by atoms with Gasteiger partial charge >= 0.3 is 6.18 Å². The highest BCUT2D eigenvalue weighted by Gasteiger charge is 2.39. The van der Waals surface area contributed by atoms with Crippen LogP contribution in [0.25, 0.3) is 10.6 Å². The summed E-state index contributed by atoms with van der Waals surface area (Å²) in [6, 6.07) is 4.97. The molecule has 1 amide bonds. The predicted octanol–water partition coefficient (Wildman–Crippen LogP) is 3.12. The van der Waals surface area contributed by atoms with Crippen molar-refractivity contribution in [3.63, 3.8) is 0 Å². The molecule has 5 nitrogen and oxygen atoms in total. The number of halogens is 3. The quantitative estimate of drug-likeness (QED) is 0.929. The van der Waals surface area contributed by atoms with Gasteiger partial charge in [-0.2, -0.15) is 18.4 Å². The van der Waals surface area contributed by atoms with E-state index < -0.39 is 28.2 Å². The van der Waals surface area contributed by atoms with E-state index in [2.05, 4.69) is 16.0 Å². The van der Waals surface area contributed by atoms with Crippen LogP contribution >= 0.6 is 11.3 Å². The Morgan fingerprint density at radius 3 is 2.43 bits per heavy atom. The van der Waals surface area contributed by atoms with Gasteiger partial charge in [0.15, 0.2) is 10.7 Å². The molecule has 120 valence electrons. The molecule has 23 heavy (non-hydrogen) atoms. The van der Waals surface area contributed by atoms with Crippen molar-refractivity contribution < 1.29 is 18.0 Å². The van der Waals surface area contributed by atoms with E-state index in [0.29, 0.717) is 16.9 Å². The largest absolute Gasteiger partial charge is 0.434 e. The highest BCUT2D eigenvalue weighted by molar-refractivity contribution is 7.17. The molecule has 2 rings (SSSR count). The number of nitriles is 1. The number of nitrogens with zero attached hydrogens (tertiary/aromatic N) is 3. The molecule has 0 atom stereocenters. The van der Waals surface area contributed by atoms with Gasteiger partial charge in [0.2, 0.25) is 0 Å². The van der Waals surface area contributed by atoms with Gasteiger partial charge in [-0.3, -0.25) is 9.78 Å². The second-order valence-electron chi connectivity index (χ2n) is 5.23. The molecule has 2 aromatic rings. The highest BCUT2D eigenvalue weighted by atomic mass is 32.1. The Morgan fingerprint density at radius 1 is 1.35 bits per heavy atom. The first kappa shape index (κ1) is 16.9. The lowest BCUT2D eigenvalue weighted by Gasteiger charge is -2.15. The number of nitrogens with two attached hydrogens (primary N) is 1. The highest BCUT2D eigenvalue weighted by Crippen LogP contribution is 2.39. The maximum Gasteiger partial charge on any atom is 0.434 e. The zero-order valence-electron chi connectivity index (χ0n) is 12.1. The van der Waals surface area contributed by atoms with Gasteiger partial charge in [-0.1, -0.05) is 6.07 Å². The number of hydrogen-bond acceptors (Lipinski definition) is 5. The molecule has 0 bridgehead atoms. The van der Waals surface area contributed by atoms with E-state index in [9.17, 15) is 18.0 Å². The molecule has 0 saturated carbocycles. The first-order valence-electron chi connectivity index (χ1n) is 6.32. The minimum absolute atomic E-state index is 0.0137. The molecule has 0 saturated heterocycles.